The van der Waals surface area contributed by atoms with Gasteiger partial charge in [0, 0.05) is 6.54 Å². The molecule has 0 unspecified atom stereocenters. The number of aliphatic hydroxyl groups excluding tert-OH is 1. The molecule has 1 aliphatic carbocycles. The number of benzene rings is 1. The van der Waals surface area contributed by atoms with Crippen molar-refractivity contribution < 1.29 is 9.94 Å². The van der Waals surface area contributed by atoms with E-state index in [2.05, 4.69) is 54.1 Å². The van der Waals surface area contributed by atoms with Crippen LogP contribution in [0.2, 0.25) is 0 Å². The number of nitrogens with one attached hydrogen (secondary N) is 2. The number of hydrogen-bond donors (Lipinski definition) is 3. The molecule has 0 spiro atoms. The standard InChI is InChI=1S/C22H34N2O2/c1-2-3-15-23-17-21(25)18-26-24-22-14-10-5-4-9-13-20(22)16-19-11-7-6-8-12-19/h6-8,11-12,14,16,21,23-25H,2-5,9-10,13,15,17-18H2,1H3/t21-/m0/s1. The van der Waals surface area contributed by atoms with Crippen LogP contribution >= 0.6 is 0 Å². The van der Waals surface area contributed by atoms with Gasteiger partial charge in [-0.1, -0.05) is 56.2 Å². The van der Waals surface area contributed by atoms with Crippen molar-refractivity contribution in [2.45, 2.75) is 58.0 Å². The lowest BCUT2D eigenvalue weighted by Gasteiger charge is -2.19. The predicted octanol–water partition coefficient (Wildman–Crippen LogP) is 4.19. The van der Waals surface area contributed by atoms with Gasteiger partial charge in [-0.15, -0.1) is 0 Å². The molecule has 1 aromatic rings. The molecule has 1 atom stereocenters. The van der Waals surface area contributed by atoms with Crippen molar-refractivity contribution in [3.05, 3.63) is 53.2 Å². The van der Waals surface area contributed by atoms with E-state index < -0.39 is 6.10 Å². The van der Waals surface area contributed by atoms with Crippen molar-refractivity contribution in [2.24, 2.45) is 0 Å². The lowest BCUT2D eigenvalue weighted by molar-refractivity contribution is -0.00435. The highest BCUT2D eigenvalue weighted by Crippen LogP contribution is 2.23. The fourth-order valence-corrected chi connectivity index (χ4v) is 3.00. The molecule has 4 heteroatoms. The Labute approximate surface area is 158 Å². The quantitative estimate of drug-likeness (QED) is 0.434. The van der Waals surface area contributed by atoms with Gasteiger partial charge in [0.1, 0.15) is 6.61 Å². The second kappa shape index (κ2) is 12.7. The predicted molar refractivity (Wildman–Crippen MR) is 108 cm³/mol. The average Bonchev–Trinajstić information content (AvgIpc) is 2.64. The van der Waals surface area contributed by atoms with E-state index in [0.717, 1.165) is 37.9 Å². The highest BCUT2D eigenvalue weighted by molar-refractivity contribution is 5.57. The molecule has 0 fully saturated rings. The monoisotopic (exact) mass is 358 g/mol. The lowest BCUT2D eigenvalue weighted by Crippen LogP contribution is -2.33. The van der Waals surface area contributed by atoms with Crippen molar-refractivity contribution in [1.82, 2.24) is 10.8 Å². The number of hydroxylamine groups is 1. The lowest BCUT2D eigenvalue weighted by atomic mass is 9.97. The summed E-state index contributed by atoms with van der Waals surface area (Å²) in [6.07, 6.45) is 12.0. The van der Waals surface area contributed by atoms with Crippen LogP contribution in [-0.2, 0) is 4.84 Å². The van der Waals surface area contributed by atoms with Crippen LogP contribution in [0.1, 0.15) is 57.4 Å². The smallest absolute Gasteiger partial charge is 0.102 e. The van der Waals surface area contributed by atoms with E-state index in [9.17, 15) is 5.11 Å². The van der Waals surface area contributed by atoms with E-state index in [0.29, 0.717) is 6.54 Å². The number of aliphatic hydroxyl groups is 1. The van der Waals surface area contributed by atoms with Crippen molar-refractivity contribution in [2.75, 3.05) is 19.7 Å². The van der Waals surface area contributed by atoms with Crippen molar-refractivity contribution in [3.63, 3.8) is 0 Å². The number of rotatable bonds is 10. The molecule has 2 rings (SSSR count). The topological polar surface area (TPSA) is 53.5 Å². The Kier molecular flexibility index (Phi) is 10.1. The van der Waals surface area contributed by atoms with Crippen molar-refractivity contribution in [3.8, 4) is 0 Å². The van der Waals surface area contributed by atoms with Crippen LogP contribution in [0.25, 0.3) is 6.08 Å². The summed E-state index contributed by atoms with van der Waals surface area (Å²) in [4.78, 5) is 5.61. The summed E-state index contributed by atoms with van der Waals surface area (Å²) in [5, 5.41) is 13.3. The molecule has 3 N–H and O–H groups in total. The third-order valence-electron chi connectivity index (χ3n) is 4.53. The van der Waals surface area contributed by atoms with Crippen molar-refractivity contribution in [1.29, 1.82) is 0 Å². The average molecular weight is 359 g/mol. The molecule has 0 heterocycles. The molecular weight excluding hydrogens is 324 g/mol. The van der Waals surface area contributed by atoms with E-state index in [-0.39, 0.29) is 6.61 Å². The first kappa shape index (κ1) is 20.7. The van der Waals surface area contributed by atoms with Gasteiger partial charge >= 0.3 is 0 Å². The summed E-state index contributed by atoms with van der Waals surface area (Å²) >= 11 is 0. The van der Waals surface area contributed by atoms with Gasteiger partial charge in [-0.2, -0.15) is 0 Å². The molecule has 0 aliphatic heterocycles. The summed E-state index contributed by atoms with van der Waals surface area (Å²) in [5.41, 5.74) is 6.61. The molecule has 0 aromatic heterocycles. The summed E-state index contributed by atoms with van der Waals surface area (Å²) in [7, 11) is 0. The molecule has 1 aliphatic rings. The minimum Gasteiger partial charge on any atom is -0.389 e. The van der Waals surface area contributed by atoms with E-state index in [1.807, 2.05) is 6.07 Å². The van der Waals surface area contributed by atoms with Gasteiger partial charge in [-0.05, 0) is 55.9 Å². The van der Waals surface area contributed by atoms with Gasteiger partial charge in [0.15, 0.2) is 0 Å². The van der Waals surface area contributed by atoms with Crippen LogP contribution in [0.4, 0.5) is 0 Å². The van der Waals surface area contributed by atoms with Crippen LogP contribution in [0.15, 0.2) is 47.7 Å². The van der Waals surface area contributed by atoms with Crippen LogP contribution in [-0.4, -0.2) is 30.9 Å². The van der Waals surface area contributed by atoms with Crippen LogP contribution in [0, 0.1) is 0 Å². The first-order valence-electron chi connectivity index (χ1n) is 10.0. The zero-order valence-corrected chi connectivity index (χ0v) is 16.0. The first-order valence-corrected chi connectivity index (χ1v) is 10.0. The third-order valence-corrected chi connectivity index (χ3v) is 4.53. The summed E-state index contributed by atoms with van der Waals surface area (Å²) in [6.45, 7) is 3.94. The number of hydrogen-bond acceptors (Lipinski definition) is 4. The van der Waals surface area contributed by atoms with Gasteiger partial charge in [0.2, 0.25) is 0 Å². The van der Waals surface area contributed by atoms with Crippen LogP contribution < -0.4 is 10.8 Å². The minimum atomic E-state index is -0.505. The Balaban J connectivity index is 1.87. The number of unbranched alkanes of at least 4 members (excludes halogenated alkanes) is 1. The molecular formula is C22H34N2O2. The molecule has 0 saturated carbocycles. The Bertz CT molecular complexity index is 555. The number of allylic oxidation sites excluding steroid dienone is 2. The molecule has 144 valence electrons. The van der Waals surface area contributed by atoms with E-state index >= 15 is 0 Å². The second-order valence-corrected chi connectivity index (χ2v) is 6.92. The van der Waals surface area contributed by atoms with Gasteiger partial charge in [-0.3, -0.25) is 10.3 Å². The SMILES string of the molecule is CCCCNC[C@H](O)CONC1=CCCCCCC1=Cc1ccccc1. The van der Waals surface area contributed by atoms with E-state index in [1.165, 1.54) is 30.4 Å². The van der Waals surface area contributed by atoms with E-state index in [1.54, 1.807) is 0 Å². The maximum Gasteiger partial charge on any atom is 0.102 e. The molecule has 0 radical (unpaired) electrons. The highest BCUT2D eigenvalue weighted by atomic mass is 16.6. The fourth-order valence-electron chi connectivity index (χ4n) is 3.00. The van der Waals surface area contributed by atoms with Crippen LogP contribution in [0.3, 0.4) is 0 Å². The third kappa shape index (κ3) is 8.17. The maximum atomic E-state index is 10.0. The van der Waals surface area contributed by atoms with Gasteiger partial charge in [0.05, 0.1) is 11.8 Å². The normalized spacial score (nSPS) is 18.1. The van der Waals surface area contributed by atoms with E-state index in [4.69, 9.17) is 4.84 Å². The summed E-state index contributed by atoms with van der Waals surface area (Å²) in [6, 6.07) is 10.4. The van der Waals surface area contributed by atoms with Gasteiger partial charge < -0.3 is 10.4 Å². The molecule has 1 aromatic carbocycles. The molecule has 0 saturated heterocycles. The Morgan fingerprint density at radius 2 is 2.04 bits per heavy atom. The van der Waals surface area contributed by atoms with Crippen molar-refractivity contribution >= 4 is 6.08 Å². The summed E-state index contributed by atoms with van der Waals surface area (Å²) in [5.74, 6) is 0. The second-order valence-electron chi connectivity index (χ2n) is 6.92. The molecule has 0 bridgehead atoms. The molecule has 26 heavy (non-hydrogen) atoms. The fraction of sp³-hybridized carbons (Fsp3) is 0.545. The zero-order valence-electron chi connectivity index (χ0n) is 16.0. The molecule has 0 amide bonds. The highest BCUT2D eigenvalue weighted by Gasteiger charge is 2.10. The zero-order chi connectivity index (χ0) is 18.5. The Morgan fingerprint density at radius 3 is 2.85 bits per heavy atom. The largest absolute Gasteiger partial charge is 0.389 e. The summed E-state index contributed by atoms with van der Waals surface area (Å²) < 4.78 is 0. The Hall–Kier alpha value is -1.62. The van der Waals surface area contributed by atoms with Gasteiger partial charge in [0.25, 0.3) is 0 Å². The molecule has 4 nitrogen and oxygen atoms in total. The first-order chi connectivity index (χ1) is 12.8. The van der Waals surface area contributed by atoms with Crippen LogP contribution in [0.5, 0.6) is 0 Å². The maximum absolute atomic E-state index is 10.0. The van der Waals surface area contributed by atoms with Gasteiger partial charge in [-0.25, -0.2) is 0 Å². The minimum absolute atomic E-state index is 0.273. The Morgan fingerprint density at radius 1 is 1.19 bits per heavy atom.